The minimum absolute atomic E-state index is 0.226. The molecule has 0 amide bonds. The van der Waals surface area contributed by atoms with Crippen molar-refractivity contribution in [1.82, 2.24) is 4.31 Å². The molecule has 1 fully saturated rings. The van der Waals surface area contributed by atoms with E-state index < -0.39 is 10.0 Å². The topological polar surface area (TPSA) is 37.4 Å². The summed E-state index contributed by atoms with van der Waals surface area (Å²) in [4.78, 5) is 0. The van der Waals surface area contributed by atoms with Crippen molar-refractivity contribution in [2.45, 2.75) is 18.9 Å². The van der Waals surface area contributed by atoms with Gasteiger partial charge in [0.25, 0.3) is 0 Å². The number of hydrogen-bond donors (Lipinski definition) is 0. The first-order valence-electron chi connectivity index (χ1n) is 3.09. The molecule has 0 bridgehead atoms. The third kappa shape index (κ3) is 1.62. The Labute approximate surface area is 66.0 Å². The summed E-state index contributed by atoms with van der Waals surface area (Å²) in [6, 6.07) is 0.226. The van der Waals surface area contributed by atoms with E-state index in [2.05, 4.69) is 0 Å². The van der Waals surface area contributed by atoms with Crippen LogP contribution in [0.5, 0.6) is 0 Å². The second kappa shape index (κ2) is 2.68. The molecule has 1 aliphatic carbocycles. The van der Waals surface area contributed by atoms with Crippen molar-refractivity contribution in [2.75, 3.05) is 12.3 Å². The molecule has 0 N–H and O–H groups in total. The van der Waals surface area contributed by atoms with E-state index in [0.717, 1.165) is 12.8 Å². The average Bonchev–Trinajstić information content (AvgIpc) is 2.68. The molecule has 60 valence electrons. The summed E-state index contributed by atoms with van der Waals surface area (Å²) >= 11 is 5.23. The maximum absolute atomic E-state index is 11.0. The molecule has 1 aliphatic rings. The predicted octanol–water partition coefficient (Wildman–Crippen LogP) is 0.607. The van der Waals surface area contributed by atoms with Crippen LogP contribution in [0.1, 0.15) is 12.8 Å². The quantitative estimate of drug-likeness (QED) is 0.602. The average molecular weight is 184 g/mol. The van der Waals surface area contributed by atoms with Crippen molar-refractivity contribution in [3.63, 3.8) is 0 Å². The second-order valence-electron chi connectivity index (χ2n) is 2.47. The molecule has 0 aromatic rings. The predicted molar refractivity (Wildman–Crippen MR) is 40.4 cm³/mol. The summed E-state index contributed by atoms with van der Waals surface area (Å²) in [5.74, 6) is 0. The first-order chi connectivity index (χ1) is 4.58. The molecule has 1 saturated carbocycles. The van der Waals surface area contributed by atoms with Gasteiger partial charge in [0.2, 0.25) is 10.0 Å². The van der Waals surface area contributed by atoms with Crippen LogP contribution in [0.25, 0.3) is 0 Å². The molecule has 3 nitrogen and oxygen atoms in total. The number of sulfonamides is 1. The minimum Gasteiger partial charge on any atom is -0.211 e. The molecule has 0 radical (unpaired) electrons. The fourth-order valence-corrected chi connectivity index (χ4v) is 2.02. The van der Waals surface area contributed by atoms with Crippen molar-refractivity contribution in [3.05, 3.63) is 0 Å². The van der Waals surface area contributed by atoms with Crippen molar-refractivity contribution in [3.8, 4) is 0 Å². The van der Waals surface area contributed by atoms with Gasteiger partial charge in [-0.2, -0.15) is 0 Å². The van der Waals surface area contributed by atoms with Gasteiger partial charge in [-0.1, -0.05) is 0 Å². The van der Waals surface area contributed by atoms with E-state index in [1.54, 1.807) is 7.05 Å². The Kier molecular flexibility index (Phi) is 2.22. The Balaban J connectivity index is 2.62. The highest BCUT2D eigenvalue weighted by molar-refractivity contribution is 7.90. The van der Waals surface area contributed by atoms with Crippen LogP contribution in [-0.2, 0) is 10.0 Å². The zero-order valence-corrected chi connectivity index (χ0v) is 7.32. The van der Waals surface area contributed by atoms with E-state index in [0.29, 0.717) is 0 Å². The minimum atomic E-state index is -3.14. The molecule has 1 rings (SSSR count). The number of alkyl halides is 1. The number of rotatable bonds is 3. The van der Waals surface area contributed by atoms with Crippen molar-refractivity contribution < 1.29 is 8.42 Å². The highest BCUT2D eigenvalue weighted by Crippen LogP contribution is 2.27. The van der Waals surface area contributed by atoms with Crippen LogP contribution in [0.2, 0.25) is 0 Å². The number of nitrogens with zero attached hydrogens (tertiary/aromatic N) is 1. The van der Waals surface area contributed by atoms with E-state index in [-0.39, 0.29) is 11.3 Å². The lowest BCUT2D eigenvalue weighted by Crippen LogP contribution is -2.29. The van der Waals surface area contributed by atoms with E-state index in [9.17, 15) is 8.42 Å². The zero-order chi connectivity index (χ0) is 7.78. The highest BCUT2D eigenvalue weighted by Gasteiger charge is 2.33. The van der Waals surface area contributed by atoms with Crippen molar-refractivity contribution >= 4 is 21.6 Å². The van der Waals surface area contributed by atoms with Gasteiger partial charge in [-0.3, -0.25) is 0 Å². The summed E-state index contributed by atoms with van der Waals surface area (Å²) in [5.41, 5.74) is 0. The van der Waals surface area contributed by atoms with E-state index in [1.807, 2.05) is 0 Å². The Hall–Kier alpha value is 0.200. The number of halogens is 1. The van der Waals surface area contributed by atoms with Crippen LogP contribution >= 0.6 is 11.6 Å². The third-order valence-electron chi connectivity index (χ3n) is 1.64. The Morgan fingerprint density at radius 3 is 2.40 bits per heavy atom. The van der Waals surface area contributed by atoms with Gasteiger partial charge in [0.1, 0.15) is 5.21 Å². The summed E-state index contributed by atoms with van der Waals surface area (Å²) in [7, 11) is -1.56. The van der Waals surface area contributed by atoms with Crippen molar-refractivity contribution in [2.24, 2.45) is 0 Å². The highest BCUT2D eigenvalue weighted by atomic mass is 35.5. The lowest BCUT2D eigenvalue weighted by molar-refractivity contribution is 0.468. The molecule has 0 saturated heterocycles. The molecule has 0 atom stereocenters. The van der Waals surface area contributed by atoms with Gasteiger partial charge >= 0.3 is 0 Å². The van der Waals surface area contributed by atoms with Gasteiger partial charge in [0.15, 0.2) is 0 Å². The standard InChI is InChI=1S/C5H10ClNO2S/c1-7(5-2-3-5)10(8,9)4-6/h5H,2-4H2,1H3. The first-order valence-corrected chi connectivity index (χ1v) is 5.24. The molecular weight excluding hydrogens is 174 g/mol. The smallest absolute Gasteiger partial charge is 0.211 e. The summed E-state index contributed by atoms with van der Waals surface area (Å²) in [6.45, 7) is 0. The maximum Gasteiger partial charge on any atom is 0.228 e. The van der Waals surface area contributed by atoms with Crippen LogP contribution < -0.4 is 0 Å². The van der Waals surface area contributed by atoms with E-state index in [1.165, 1.54) is 4.31 Å². The summed E-state index contributed by atoms with van der Waals surface area (Å²) in [5, 5.41) is -0.306. The van der Waals surface area contributed by atoms with Crippen LogP contribution in [0, 0.1) is 0 Å². The molecule has 5 heteroatoms. The van der Waals surface area contributed by atoms with Gasteiger partial charge in [-0.25, -0.2) is 12.7 Å². The van der Waals surface area contributed by atoms with Crippen LogP contribution in [-0.4, -0.2) is 31.0 Å². The Bertz CT molecular complexity index is 210. The molecular formula is C5H10ClNO2S. The monoisotopic (exact) mass is 183 g/mol. The van der Waals surface area contributed by atoms with Crippen molar-refractivity contribution in [1.29, 1.82) is 0 Å². The van der Waals surface area contributed by atoms with Crippen LogP contribution in [0.4, 0.5) is 0 Å². The Morgan fingerprint density at radius 2 is 2.10 bits per heavy atom. The third-order valence-corrected chi connectivity index (χ3v) is 3.92. The van der Waals surface area contributed by atoms with Crippen LogP contribution in [0.15, 0.2) is 0 Å². The SMILES string of the molecule is CN(C1CC1)S(=O)(=O)CCl. The lowest BCUT2D eigenvalue weighted by Gasteiger charge is -2.12. The molecule has 10 heavy (non-hydrogen) atoms. The molecule has 0 heterocycles. The lowest BCUT2D eigenvalue weighted by atomic mass is 10.7. The molecule has 0 spiro atoms. The first kappa shape index (κ1) is 8.30. The summed E-state index contributed by atoms with van der Waals surface area (Å²) in [6.07, 6.45) is 1.96. The van der Waals surface area contributed by atoms with Gasteiger partial charge in [0, 0.05) is 13.1 Å². The van der Waals surface area contributed by atoms with E-state index in [4.69, 9.17) is 11.6 Å². The fourth-order valence-electron chi connectivity index (χ4n) is 0.742. The normalized spacial score (nSPS) is 19.9. The van der Waals surface area contributed by atoms with Gasteiger partial charge < -0.3 is 0 Å². The van der Waals surface area contributed by atoms with Gasteiger partial charge in [-0.05, 0) is 12.8 Å². The zero-order valence-electron chi connectivity index (χ0n) is 5.75. The largest absolute Gasteiger partial charge is 0.228 e. The summed E-state index contributed by atoms with van der Waals surface area (Å²) < 4.78 is 23.3. The maximum atomic E-state index is 11.0. The second-order valence-corrected chi connectivity index (χ2v) is 5.08. The van der Waals surface area contributed by atoms with Gasteiger partial charge in [-0.15, -0.1) is 11.6 Å². The number of hydrogen-bond acceptors (Lipinski definition) is 2. The van der Waals surface area contributed by atoms with Gasteiger partial charge in [0.05, 0.1) is 0 Å². The molecule has 0 aliphatic heterocycles. The molecule has 0 aromatic carbocycles. The molecule has 0 aromatic heterocycles. The molecule has 0 unspecified atom stereocenters. The Morgan fingerprint density at radius 1 is 1.60 bits per heavy atom. The van der Waals surface area contributed by atoms with Crippen LogP contribution in [0.3, 0.4) is 0 Å². The van der Waals surface area contributed by atoms with E-state index >= 15 is 0 Å². The fraction of sp³-hybridized carbons (Fsp3) is 1.00.